The summed E-state index contributed by atoms with van der Waals surface area (Å²) in [6.07, 6.45) is 6.14. The van der Waals surface area contributed by atoms with Crippen LogP contribution in [0.3, 0.4) is 0 Å². The number of aliphatic hydroxyl groups is 2. The third kappa shape index (κ3) is 6.30. The second-order valence-corrected chi connectivity index (χ2v) is 9.74. The highest BCUT2D eigenvalue weighted by molar-refractivity contribution is 5.84. The number of rotatable bonds is 11. The lowest BCUT2D eigenvalue weighted by molar-refractivity contribution is 0.0370. The van der Waals surface area contributed by atoms with Crippen molar-refractivity contribution in [2.24, 2.45) is 5.41 Å². The molecule has 36 heavy (non-hydrogen) atoms. The van der Waals surface area contributed by atoms with Crippen LogP contribution in [0.1, 0.15) is 36.8 Å². The van der Waals surface area contributed by atoms with Crippen LogP contribution in [0, 0.1) is 17.0 Å². The molecular weight excluding hydrogens is 464 g/mol. The van der Waals surface area contributed by atoms with Crippen molar-refractivity contribution in [1.82, 2.24) is 9.88 Å². The number of fused-ring (bicyclic) bond motifs is 1. The van der Waals surface area contributed by atoms with Gasteiger partial charge in [0.2, 0.25) is 0 Å². The Bertz CT molecular complexity index is 1140. The van der Waals surface area contributed by atoms with Crippen molar-refractivity contribution in [2.45, 2.75) is 38.7 Å². The van der Waals surface area contributed by atoms with Crippen molar-refractivity contribution >= 4 is 16.6 Å². The van der Waals surface area contributed by atoms with E-state index in [-0.39, 0.29) is 18.6 Å². The van der Waals surface area contributed by atoms with Gasteiger partial charge in [0.05, 0.1) is 19.2 Å². The fourth-order valence-corrected chi connectivity index (χ4v) is 5.22. The number of halogens is 2. The number of piperidine rings is 1. The molecule has 4 rings (SSSR count). The van der Waals surface area contributed by atoms with E-state index in [2.05, 4.69) is 15.2 Å². The lowest BCUT2D eigenvalue weighted by atomic mass is 9.75. The second-order valence-electron chi connectivity index (χ2n) is 9.74. The van der Waals surface area contributed by atoms with E-state index in [0.29, 0.717) is 12.2 Å². The van der Waals surface area contributed by atoms with E-state index in [1.165, 1.54) is 12.1 Å². The normalized spacial score (nSPS) is 15.8. The zero-order valence-corrected chi connectivity index (χ0v) is 20.8. The minimum atomic E-state index is -0.590. The molecule has 2 aromatic carbocycles. The number of hydrogen-bond acceptors (Lipinski definition) is 6. The first kappa shape index (κ1) is 26.3. The Labute approximate surface area is 210 Å². The first-order valence-electron chi connectivity index (χ1n) is 12.5. The number of hydrogen-bond donors (Lipinski definition) is 3. The summed E-state index contributed by atoms with van der Waals surface area (Å²) in [5, 5.41) is 24.3. The molecule has 1 aliphatic heterocycles. The van der Waals surface area contributed by atoms with Crippen molar-refractivity contribution in [2.75, 3.05) is 45.2 Å². The lowest BCUT2D eigenvalue weighted by Gasteiger charge is -2.41. The molecule has 0 aliphatic carbocycles. The minimum Gasteiger partial charge on any atom is -0.497 e. The van der Waals surface area contributed by atoms with Gasteiger partial charge < -0.3 is 25.2 Å². The number of aliphatic hydroxyl groups excluding tert-OH is 2. The lowest BCUT2D eigenvalue weighted by Crippen LogP contribution is -2.43. The number of likely N-dealkylation sites (tertiary alicyclic amines) is 1. The van der Waals surface area contributed by atoms with Crippen molar-refractivity contribution in [1.29, 1.82) is 0 Å². The predicted molar refractivity (Wildman–Crippen MR) is 137 cm³/mol. The first-order chi connectivity index (χ1) is 17.4. The molecule has 3 N–H and O–H groups in total. The Hall–Kier alpha value is -2.81. The summed E-state index contributed by atoms with van der Waals surface area (Å²) < 4.78 is 32.1. The van der Waals surface area contributed by atoms with Crippen LogP contribution in [0.15, 0.2) is 42.6 Å². The van der Waals surface area contributed by atoms with Gasteiger partial charge in [-0.15, -0.1) is 0 Å². The van der Waals surface area contributed by atoms with E-state index in [1.54, 1.807) is 13.3 Å². The van der Waals surface area contributed by atoms with Crippen LogP contribution in [-0.4, -0.2) is 60.0 Å². The molecule has 6 nitrogen and oxygen atoms in total. The van der Waals surface area contributed by atoms with Gasteiger partial charge in [-0.05, 0) is 92.1 Å². The van der Waals surface area contributed by atoms with Crippen LogP contribution in [0.5, 0.6) is 5.75 Å². The molecule has 0 amide bonds. The van der Waals surface area contributed by atoms with Crippen LogP contribution >= 0.6 is 0 Å². The molecule has 0 unspecified atom stereocenters. The Kier molecular flexibility index (Phi) is 8.72. The molecule has 0 atom stereocenters. The smallest absolute Gasteiger partial charge is 0.128 e. The topological polar surface area (TPSA) is 77.8 Å². The number of nitrogens with one attached hydrogen (secondary N) is 1. The second kappa shape index (κ2) is 12.0. The quantitative estimate of drug-likeness (QED) is 0.360. The third-order valence-corrected chi connectivity index (χ3v) is 7.45. The average molecular weight is 500 g/mol. The molecule has 8 heteroatoms. The zero-order valence-electron chi connectivity index (χ0n) is 20.8. The highest BCUT2D eigenvalue weighted by Crippen LogP contribution is 2.37. The maximum atomic E-state index is 13.4. The number of pyridine rings is 1. The summed E-state index contributed by atoms with van der Waals surface area (Å²) in [4.78, 5) is 6.80. The van der Waals surface area contributed by atoms with Crippen LogP contribution < -0.4 is 10.1 Å². The molecule has 1 saturated heterocycles. The summed E-state index contributed by atoms with van der Waals surface area (Å²) in [5.41, 5.74) is 3.12. The number of aromatic nitrogens is 1. The van der Waals surface area contributed by atoms with E-state index in [0.717, 1.165) is 85.6 Å². The maximum absolute atomic E-state index is 13.4. The highest BCUT2D eigenvalue weighted by Gasteiger charge is 2.33. The Balaban J connectivity index is 1.31. The van der Waals surface area contributed by atoms with Crippen molar-refractivity contribution in [3.8, 4) is 5.75 Å². The molecule has 194 valence electrons. The number of methoxy groups -OCH3 is 1. The molecule has 1 aromatic heterocycles. The molecular formula is C28H35F2N3O3. The van der Waals surface area contributed by atoms with Gasteiger partial charge in [0.15, 0.2) is 0 Å². The molecule has 0 spiro atoms. The van der Waals surface area contributed by atoms with E-state index >= 15 is 0 Å². The third-order valence-electron chi connectivity index (χ3n) is 7.45. The van der Waals surface area contributed by atoms with Crippen LogP contribution in [0.2, 0.25) is 0 Å². The minimum absolute atomic E-state index is 0.0636. The summed E-state index contributed by atoms with van der Waals surface area (Å²) in [6.45, 7) is 3.20. The number of anilines is 1. The van der Waals surface area contributed by atoms with Gasteiger partial charge >= 0.3 is 0 Å². The highest BCUT2D eigenvalue weighted by atomic mass is 19.1. The fourth-order valence-electron chi connectivity index (χ4n) is 5.22. The summed E-state index contributed by atoms with van der Waals surface area (Å²) in [7, 11) is 1.64. The van der Waals surface area contributed by atoms with Gasteiger partial charge in [0, 0.05) is 43.0 Å². The van der Waals surface area contributed by atoms with E-state index in [4.69, 9.17) is 4.74 Å². The summed E-state index contributed by atoms with van der Waals surface area (Å²) >= 11 is 0. The van der Waals surface area contributed by atoms with Crippen molar-refractivity contribution in [3.05, 3.63) is 65.4 Å². The van der Waals surface area contributed by atoms with Gasteiger partial charge in [0.25, 0.3) is 0 Å². The van der Waals surface area contributed by atoms with Crippen molar-refractivity contribution < 1.29 is 23.7 Å². The van der Waals surface area contributed by atoms with Gasteiger partial charge in [-0.25, -0.2) is 8.78 Å². The molecule has 0 saturated carbocycles. The fraction of sp³-hybridized carbons (Fsp3) is 0.464. The standard InChI is InChI=1S/C28H35F2N3O3/c1-36-24-4-5-27-26(16-24)25(20(18-34)17-32-27)3-2-6-28(19-35)7-10-33(11-8-28)12-9-31-23-14-21(29)13-22(30)15-23/h4-5,13-17,31,34-35H,2-3,6-12,18-19H2,1H3. The Morgan fingerprint density at radius 3 is 2.50 bits per heavy atom. The Morgan fingerprint density at radius 2 is 1.83 bits per heavy atom. The van der Waals surface area contributed by atoms with E-state index in [9.17, 15) is 19.0 Å². The SMILES string of the molecule is COc1ccc2ncc(CO)c(CCCC3(CO)CCN(CCNc4cc(F)cc(F)c4)CC3)c2c1. The molecule has 1 aliphatic rings. The summed E-state index contributed by atoms with van der Waals surface area (Å²) in [5.74, 6) is -0.418. The summed E-state index contributed by atoms with van der Waals surface area (Å²) in [6, 6.07) is 9.24. The molecule has 3 aromatic rings. The van der Waals surface area contributed by atoms with Crippen molar-refractivity contribution in [3.63, 3.8) is 0 Å². The van der Waals surface area contributed by atoms with E-state index in [1.807, 2.05) is 18.2 Å². The number of aryl methyl sites for hydroxylation is 1. The van der Waals surface area contributed by atoms with Crippen LogP contribution in [0.4, 0.5) is 14.5 Å². The van der Waals surface area contributed by atoms with Gasteiger partial charge in [-0.2, -0.15) is 0 Å². The van der Waals surface area contributed by atoms with Crippen LogP contribution in [-0.2, 0) is 13.0 Å². The Morgan fingerprint density at radius 1 is 1.08 bits per heavy atom. The van der Waals surface area contributed by atoms with Gasteiger partial charge in [-0.3, -0.25) is 4.98 Å². The van der Waals surface area contributed by atoms with E-state index < -0.39 is 11.6 Å². The monoisotopic (exact) mass is 499 g/mol. The van der Waals surface area contributed by atoms with Gasteiger partial charge in [0.1, 0.15) is 17.4 Å². The molecule has 0 radical (unpaired) electrons. The van der Waals surface area contributed by atoms with Gasteiger partial charge in [-0.1, -0.05) is 0 Å². The number of benzene rings is 2. The predicted octanol–water partition coefficient (Wildman–Crippen LogP) is 4.52. The molecule has 2 heterocycles. The molecule has 0 bridgehead atoms. The van der Waals surface area contributed by atoms with Crippen LogP contribution in [0.25, 0.3) is 10.9 Å². The number of nitrogens with zero attached hydrogens (tertiary/aromatic N) is 2. The largest absolute Gasteiger partial charge is 0.497 e. The number of ether oxygens (including phenoxy) is 1. The first-order valence-corrected chi connectivity index (χ1v) is 12.5. The maximum Gasteiger partial charge on any atom is 0.128 e. The zero-order chi connectivity index (χ0) is 25.5. The average Bonchev–Trinajstić information content (AvgIpc) is 2.89. The molecule has 1 fully saturated rings.